The first kappa shape index (κ1) is 20.8. The number of thioether (sulfide) groups is 1. The summed E-state index contributed by atoms with van der Waals surface area (Å²) in [5.41, 5.74) is 4.48. The predicted octanol–water partition coefficient (Wildman–Crippen LogP) is 4.02. The standard InChI is InChI=1S/C24H24N4O3S/c1-27-23(30)19(32-24(27)31)13-20(29)28-12-4-5-16(14-28)22-21(15-8-10-25-11-9-15)17-6-2-3-7-18(17)26-22/h2-3,6-11,16,19,26H,4-5,12-14H2,1H3. The molecule has 2 aliphatic heterocycles. The third-order valence-corrected chi connectivity index (χ3v) is 7.50. The van der Waals surface area contributed by atoms with E-state index in [2.05, 4.69) is 22.1 Å². The van der Waals surface area contributed by atoms with Crippen LogP contribution in [0.3, 0.4) is 0 Å². The number of fused-ring (bicyclic) bond motifs is 1. The highest BCUT2D eigenvalue weighted by Crippen LogP contribution is 2.39. The van der Waals surface area contributed by atoms with Gasteiger partial charge in [-0.15, -0.1) is 0 Å². The van der Waals surface area contributed by atoms with Gasteiger partial charge in [-0.2, -0.15) is 0 Å². The summed E-state index contributed by atoms with van der Waals surface area (Å²) in [7, 11) is 1.47. The lowest BCUT2D eigenvalue weighted by molar-refractivity contribution is -0.135. The van der Waals surface area contributed by atoms with Crippen LogP contribution in [0, 0.1) is 0 Å². The Bertz CT molecular complexity index is 1190. The average Bonchev–Trinajstić information content (AvgIpc) is 3.33. The van der Waals surface area contributed by atoms with Crippen LogP contribution in [-0.2, 0) is 9.59 Å². The van der Waals surface area contributed by atoms with Gasteiger partial charge in [0.1, 0.15) is 5.25 Å². The van der Waals surface area contributed by atoms with Crippen molar-refractivity contribution >= 4 is 39.7 Å². The van der Waals surface area contributed by atoms with Gasteiger partial charge in [-0.05, 0) is 36.6 Å². The smallest absolute Gasteiger partial charge is 0.288 e. The quantitative estimate of drug-likeness (QED) is 0.652. The minimum Gasteiger partial charge on any atom is -0.358 e. The van der Waals surface area contributed by atoms with Gasteiger partial charge in [0.05, 0.1) is 0 Å². The fourth-order valence-electron chi connectivity index (χ4n) is 4.71. The first-order chi connectivity index (χ1) is 15.5. The number of imide groups is 1. The Labute approximate surface area is 190 Å². The molecule has 0 saturated carbocycles. The van der Waals surface area contributed by atoms with Gasteiger partial charge >= 0.3 is 0 Å². The van der Waals surface area contributed by atoms with Gasteiger partial charge in [-0.1, -0.05) is 30.0 Å². The Balaban J connectivity index is 1.41. The van der Waals surface area contributed by atoms with Crippen LogP contribution in [0.5, 0.6) is 0 Å². The van der Waals surface area contributed by atoms with Crippen LogP contribution >= 0.6 is 11.8 Å². The molecule has 2 aromatic heterocycles. The molecule has 3 aromatic rings. The second kappa shape index (κ2) is 8.43. The number of para-hydroxylation sites is 1. The molecule has 8 heteroatoms. The van der Waals surface area contributed by atoms with Crippen LogP contribution in [0.4, 0.5) is 4.79 Å². The fraction of sp³-hybridized carbons (Fsp3) is 0.333. The van der Waals surface area contributed by atoms with E-state index in [-0.39, 0.29) is 29.4 Å². The van der Waals surface area contributed by atoms with E-state index in [1.54, 1.807) is 12.4 Å². The number of piperidine rings is 1. The topological polar surface area (TPSA) is 86.4 Å². The third kappa shape index (κ3) is 3.68. The van der Waals surface area contributed by atoms with E-state index in [0.29, 0.717) is 13.1 Å². The summed E-state index contributed by atoms with van der Waals surface area (Å²) in [6.07, 6.45) is 5.54. The zero-order chi connectivity index (χ0) is 22.2. The average molecular weight is 449 g/mol. The second-order valence-electron chi connectivity index (χ2n) is 8.35. The molecule has 0 spiro atoms. The molecule has 2 saturated heterocycles. The lowest BCUT2D eigenvalue weighted by Crippen LogP contribution is -2.41. The molecular formula is C24H24N4O3S. The SMILES string of the molecule is CN1C(=O)SC(CC(=O)N2CCCC(c3[nH]c4ccccc4c3-c3ccncc3)C2)C1=O. The van der Waals surface area contributed by atoms with Crippen molar-refractivity contribution in [2.75, 3.05) is 20.1 Å². The molecule has 2 aliphatic rings. The summed E-state index contributed by atoms with van der Waals surface area (Å²) in [4.78, 5) is 47.8. The summed E-state index contributed by atoms with van der Waals surface area (Å²) < 4.78 is 0. The van der Waals surface area contributed by atoms with E-state index in [9.17, 15) is 14.4 Å². The number of carbonyl (C=O) groups is 3. The van der Waals surface area contributed by atoms with Crippen molar-refractivity contribution in [2.45, 2.75) is 30.4 Å². The Morgan fingerprint density at radius 2 is 1.97 bits per heavy atom. The van der Waals surface area contributed by atoms with Crippen LogP contribution in [0.1, 0.15) is 30.9 Å². The van der Waals surface area contributed by atoms with Gasteiger partial charge in [-0.3, -0.25) is 24.3 Å². The van der Waals surface area contributed by atoms with Crippen molar-refractivity contribution in [1.82, 2.24) is 19.8 Å². The number of H-pyrrole nitrogens is 1. The Hall–Kier alpha value is -3.13. The lowest BCUT2D eigenvalue weighted by Gasteiger charge is -2.33. The van der Waals surface area contributed by atoms with Crippen molar-refractivity contribution in [3.63, 3.8) is 0 Å². The monoisotopic (exact) mass is 448 g/mol. The molecule has 0 bridgehead atoms. The van der Waals surface area contributed by atoms with E-state index in [0.717, 1.165) is 57.2 Å². The summed E-state index contributed by atoms with van der Waals surface area (Å²) >= 11 is 0.952. The van der Waals surface area contributed by atoms with Gasteiger partial charge < -0.3 is 9.88 Å². The van der Waals surface area contributed by atoms with Gasteiger partial charge in [0, 0.05) is 67.0 Å². The minimum absolute atomic E-state index is 0.0646. The molecule has 2 fully saturated rings. The second-order valence-corrected chi connectivity index (χ2v) is 9.50. The van der Waals surface area contributed by atoms with E-state index in [4.69, 9.17) is 0 Å². The summed E-state index contributed by atoms with van der Waals surface area (Å²) in [6, 6.07) is 12.3. The highest BCUT2D eigenvalue weighted by atomic mass is 32.2. The lowest BCUT2D eigenvalue weighted by atomic mass is 9.89. The van der Waals surface area contributed by atoms with Gasteiger partial charge in [0.2, 0.25) is 11.8 Å². The number of hydrogen-bond donors (Lipinski definition) is 1. The number of nitrogens with zero attached hydrogens (tertiary/aromatic N) is 3. The zero-order valence-corrected chi connectivity index (χ0v) is 18.6. The van der Waals surface area contributed by atoms with E-state index in [1.165, 1.54) is 7.05 Å². The molecule has 0 aliphatic carbocycles. The Morgan fingerprint density at radius 3 is 2.72 bits per heavy atom. The highest BCUT2D eigenvalue weighted by Gasteiger charge is 2.39. The summed E-state index contributed by atoms with van der Waals surface area (Å²) in [5, 5.41) is 0.261. The maximum Gasteiger partial charge on any atom is 0.288 e. The number of aromatic nitrogens is 2. The molecule has 7 nitrogen and oxygen atoms in total. The van der Waals surface area contributed by atoms with E-state index in [1.807, 2.05) is 29.2 Å². The van der Waals surface area contributed by atoms with Crippen molar-refractivity contribution in [3.05, 3.63) is 54.5 Å². The van der Waals surface area contributed by atoms with Crippen LogP contribution in [0.15, 0.2) is 48.8 Å². The third-order valence-electron chi connectivity index (χ3n) is 6.37. The van der Waals surface area contributed by atoms with E-state index >= 15 is 0 Å². The maximum absolute atomic E-state index is 13.0. The van der Waals surface area contributed by atoms with Crippen LogP contribution < -0.4 is 0 Å². The van der Waals surface area contributed by atoms with Crippen molar-refractivity contribution in [1.29, 1.82) is 0 Å². The largest absolute Gasteiger partial charge is 0.358 e. The molecule has 2 unspecified atom stereocenters. The van der Waals surface area contributed by atoms with Crippen molar-refractivity contribution < 1.29 is 14.4 Å². The van der Waals surface area contributed by atoms with Crippen LogP contribution in [-0.4, -0.2) is 62.2 Å². The number of likely N-dealkylation sites (tertiary alicyclic amines) is 1. The fourth-order valence-corrected chi connectivity index (χ4v) is 5.69. The number of carbonyl (C=O) groups excluding carboxylic acids is 3. The number of nitrogens with one attached hydrogen (secondary N) is 1. The number of pyridine rings is 1. The normalized spacial score (nSPS) is 21.5. The highest BCUT2D eigenvalue weighted by molar-refractivity contribution is 8.15. The summed E-state index contributed by atoms with van der Waals surface area (Å²) in [6.45, 7) is 1.27. The number of amides is 3. The van der Waals surface area contributed by atoms with Crippen molar-refractivity contribution in [2.24, 2.45) is 0 Å². The number of benzene rings is 1. The van der Waals surface area contributed by atoms with Gasteiger partial charge in [0.25, 0.3) is 5.24 Å². The van der Waals surface area contributed by atoms with Crippen molar-refractivity contribution in [3.8, 4) is 11.1 Å². The molecule has 4 heterocycles. The summed E-state index contributed by atoms with van der Waals surface area (Å²) in [5.74, 6) is -0.178. The minimum atomic E-state index is -0.610. The first-order valence-electron chi connectivity index (χ1n) is 10.8. The molecule has 1 N–H and O–H groups in total. The Kier molecular flexibility index (Phi) is 5.46. The molecule has 2 atom stereocenters. The zero-order valence-electron chi connectivity index (χ0n) is 17.8. The maximum atomic E-state index is 13.0. The molecule has 3 amide bonds. The van der Waals surface area contributed by atoms with Gasteiger partial charge in [-0.25, -0.2) is 0 Å². The number of rotatable bonds is 4. The van der Waals surface area contributed by atoms with E-state index < -0.39 is 5.25 Å². The first-order valence-corrected chi connectivity index (χ1v) is 11.7. The molecule has 5 rings (SSSR count). The predicted molar refractivity (Wildman–Crippen MR) is 124 cm³/mol. The van der Waals surface area contributed by atoms with Crippen LogP contribution in [0.25, 0.3) is 22.0 Å². The molecule has 164 valence electrons. The Morgan fingerprint density at radius 1 is 1.19 bits per heavy atom. The van der Waals surface area contributed by atoms with Gasteiger partial charge in [0.15, 0.2) is 0 Å². The molecule has 32 heavy (non-hydrogen) atoms. The molecular weight excluding hydrogens is 424 g/mol. The molecule has 1 aromatic carbocycles. The van der Waals surface area contributed by atoms with Crippen LogP contribution in [0.2, 0.25) is 0 Å². The number of aromatic amines is 1. The molecule has 0 radical (unpaired) electrons. The number of hydrogen-bond acceptors (Lipinski definition) is 5.